The highest BCUT2D eigenvalue weighted by Crippen LogP contribution is 2.56. The summed E-state index contributed by atoms with van der Waals surface area (Å²) in [5.74, 6) is -3.23. The van der Waals surface area contributed by atoms with Crippen molar-refractivity contribution in [3.63, 3.8) is 0 Å². The molecule has 1 aromatic carbocycles. The molecule has 1 saturated heterocycles. The number of ether oxygens (including phenoxy) is 1. The molecule has 0 radical (unpaired) electrons. The van der Waals surface area contributed by atoms with Gasteiger partial charge in [0.05, 0.1) is 30.5 Å². The number of hydrogen-bond acceptors (Lipinski definition) is 7. The van der Waals surface area contributed by atoms with E-state index in [1.165, 1.54) is 29.4 Å². The summed E-state index contributed by atoms with van der Waals surface area (Å²) in [6.07, 6.45) is 3.88. The Hall–Kier alpha value is -3.49. The normalized spacial score (nSPS) is 26.7. The number of carbonyl (C=O) groups is 4. The van der Waals surface area contributed by atoms with Crippen molar-refractivity contribution in [1.29, 1.82) is 0 Å². The number of aromatic hydroxyl groups is 1. The lowest BCUT2D eigenvalue weighted by Gasteiger charge is -2.42. The monoisotopic (exact) mass is 549 g/mol. The van der Waals surface area contributed by atoms with Gasteiger partial charge in [-0.2, -0.15) is 0 Å². The number of allylic oxidation sites excluding steroid dienone is 6. The molecule has 4 atom stereocenters. The maximum atomic E-state index is 13.8. The molecule has 194 valence electrons. The molecule has 6 rings (SSSR count). The van der Waals surface area contributed by atoms with Crippen LogP contribution in [0.5, 0.6) is 11.5 Å². The molecule has 0 spiro atoms. The molecule has 2 aromatic rings. The maximum absolute atomic E-state index is 13.8. The molecule has 2 heterocycles. The smallest absolute Gasteiger partial charge is 0.234 e. The number of rotatable bonds is 4. The quantitative estimate of drug-likeness (QED) is 0.336. The van der Waals surface area contributed by atoms with Gasteiger partial charge in [-0.1, -0.05) is 29.3 Å². The first-order chi connectivity index (χ1) is 18.2. The fraction of sp³-hybridized carbons (Fsp3) is 0.310. The summed E-state index contributed by atoms with van der Waals surface area (Å²) < 4.78 is 5.32. The average Bonchev–Trinajstić information content (AvgIpc) is 3.50. The van der Waals surface area contributed by atoms with E-state index in [4.69, 9.17) is 16.3 Å². The van der Waals surface area contributed by atoms with Crippen molar-refractivity contribution in [2.45, 2.75) is 32.2 Å². The first kappa shape index (κ1) is 24.8. The van der Waals surface area contributed by atoms with Crippen LogP contribution in [0.25, 0.3) is 0 Å². The third kappa shape index (κ3) is 3.61. The molecule has 0 saturated carbocycles. The second-order valence-corrected chi connectivity index (χ2v) is 11.6. The summed E-state index contributed by atoms with van der Waals surface area (Å²) in [5.41, 5.74) is 2.48. The predicted molar refractivity (Wildman–Crippen MR) is 141 cm³/mol. The zero-order chi connectivity index (χ0) is 26.9. The summed E-state index contributed by atoms with van der Waals surface area (Å²) >= 11 is 7.83. The van der Waals surface area contributed by atoms with Gasteiger partial charge in [-0.3, -0.25) is 24.1 Å². The molecule has 1 N–H and O–H groups in total. The van der Waals surface area contributed by atoms with Crippen molar-refractivity contribution < 1.29 is 29.0 Å². The summed E-state index contributed by atoms with van der Waals surface area (Å²) in [4.78, 5) is 56.2. The van der Waals surface area contributed by atoms with Crippen LogP contribution < -0.4 is 4.74 Å². The third-order valence-electron chi connectivity index (χ3n) is 8.15. The van der Waals surface area contributed by atoms with Gasteiger partial charge >= 0.3 is 0 Å². The summed E-state index contributed by atoms with van der Waals surface area (Å²) in [6.45, 7) is 1.84. The molecule has 4 aliphatic rings. The first-order valence-corrected chi connectivity index (χ1v) is 13.6. The average molecular weight is 550 g/mol. The van der Waals surface area contributed by atoms with E-state index in [2.05, 4.69) is 0 Å². The lowest BCUT2D eigenvalue weighted by molar-refractivity contribution is -0.140. The van der Waals surface area contributed by atoms with E-state index in [1.54, 1.807) is 19.1 Å². The highest BCUT2D eigenvalue weighted by molar-refractivity contribution is 7.09. The largest absolute Gasteiger partial charge is 0.503 e. The Balaban J connectivity index is 1.48. The molecule has 7 nitrogen and oxygen atoms in total. The van der Waals surface area contributed by atoms with Gasteiger partial charge in [0, 0.05) is 27.5 Å². The van der Waals surface area contributed by atoms with Crippen molar-refractivity contribution in [1.82, 2.24) is 4.90 Å². The number of nitrogens with zero attached hydrogens (tertiary/aromatic N) is 1. The lowest BCUT2D eigenvalue weighted by atomic mass is 9.59. The number of likely N-dealkylation sites (tertiary alicyclic amines) is 1. The van der Waals surface area contributed by atoms with Crippen LogP contribution in [0.1, 0.15) is 36.1 Å². The molecule has 1 aliphatic heterocycles. The highest BCUT2D eigenvalue weighted by Gasteiger charge is 2.56. The van der Waals surface area contributed by atoms with Gasteiger partial charge in [0.25, 0.3) is 0 Å². The van der Waals surface area contributed by atoms with Gasteiger partial charge in [0.2, 0.25) is 11.8 Å². The van der Waals surface area contributed by atoms with E-state index in [-0.39, 0.29) is 52.9 Å². The minimum absolute atomic E-state index is 0.0495. The second kappa shape index (κ2) is 9.06. The van der Waals surface area contributed by atoms with Crippen molar-refractivity contribution in [3.8, 4) is 11.5 Å². The number of thiophene rings is 1. The Kier molecular flexibility index (Phi) is 5.92. The van der Waals surface area contributed by atoms with Crippen molar-refractivity contribution in [2.75, 3.05) is 7.11 Å². The number of carbonyl (C=O) groups excluding carboxylic acids is 4. The molecule has 9 heteroatoms. The molecular formula is C29H24ClNO6S. The topological polar surface area (TPSA) is 101 Å². The number of phenolic OH excluding ortho intramolecular Hbond substituents is 1. The van der Waals surface area contributed by atoms with Gasteiger partial charge in [-0.25, -0.2) is 0 Å². The van der Waals surface area contributed by atoms with E-state index >= 15 is 0 Å². The van der Waals surface area contributed by atoms with Crippen LogP contribution >= 0.6 is 22.9 Å². The summed E-state index contributed by atoms with van der Waals surface area (Å²) in [5, 5.41) is 12.3. The number of methoxy groups -OCH3 is 1. The number of ketones is 2. The van der Waals surface area contributed by atoms with E-state index < -0.39 is 23.7 Å². The van der Waals surface area contributed by atoms with Gasteiger partial charge in [-0.05, 0) is 60.9 Å². The molecular weight excluding hydrogens is 526 g/mol. The molecule has 2 amide bonds. The van der Waals surface area contributed by atoms with Gasteiger partial charge < -0.3 is 9.84 Å². The molecule has 0 bridgehead atoms. The standard InChI is InChI=1S/C29H24ClNO6S/c1-13-8-21(32)25-19(26(13)33)11-18-16(23(25)14-9-20(30)27(34)22(10-14)37-2)5-6-17-24(18)29(36)31(28(17)35)12-15-4-3-7-38-15/h3-5,7-10,17-18,23-24,34H,6,11-12H2,1-2H3. The van der Waals surface area contributed by atoms with Crippen LogP contribution in [-0.4, -0.2) is 40.5 Å². The number of phenols is 1. The number of benzene rings is 1. The van der Waals surface area contributed by atoms with Crippen LogP contribution in [0.2, 0.25) is 5.02 Å². The Labute approximate surface area is 228 Å². The van der Waals surface area contributed by atoms with Crippen LogP contribution in [0.4, 0.5) is 0 Å². The van der Waals surface area contributed by atoms with Crippen molar-refractivity contribution in [2.24, 2.45) is 17.8 Å². The van der Waals surface area contributed by atoms with E-state index in [0.717, 1.165) is 10.5 Å². The van der Waals surface area contributed by atoms with Gasteiger partial charge in [0.1, 0.15) is 0 Å². The molecule has 3 aliphatic carbocycles. The Morgan fingerprint density at radius 2 is 1.95 bits per heavy atom. The Morgan fingerprint density at radius 1 is 1.16 bits per heavy atom. The molecule has 4 unspecified atom stereocenters. The lowest BCUT2D eigenvalue weighted by Crippen LogP contribution is -2.39. The Bertz CT molecular complexity index is 1520. The molecule has 1 aromatic heterocycles. The summed E-state index contributed by atoms with van der Waals surface area (Å²) in [7, 11) is 1.40. The van der Waals surface area contributed by atoms with Crippen molar-refractivity contribution >= 4 is 46.3 Å². The molecule has 1 fully saturated rings. The number of imide groups is 1. The zero-order valence-electron chi connectivity index (χ0n) is 20.7. The van der Waals surface area contributed by atoms with Crippen molar-refractivity contribution in [3.05, 3.63) is 79.6 Å². The summed E-state index contributed by atoms with van der Waals surface area (Å²) in [6, 6.07) is 6.96. The van der Waals surface area contributed by atoms with Crippen LogP contribution in [0, 0.1) is 17.8 Å². The maximum Gasteiger partial charge on any atom is 0.234 e. The van der Waals surface area contributed by atoms with Gasteiger partial charge in [0.15, 0.2) is 23.1 Å². The third-order valence-corrected chi connectivity index (χ3v) is 9.30. The second-order valence-electron chi connectivity index (χ2n) is 10.1. The van der Waals surface area contributed by atoms with E-state index in [9.17, 15) is 24.3 Å². The molecule has 38 heavy (non-hydrogen) atoms. The van der Waals surface area contributed by atoms with E-state index in [0.29, 0.717) is 28.7 Å². The van der Waals surface area contributed by atoms with Gasteiger partial charge in [-0.15, -0.1) is 11.3 Å². The van der Waals surface area contributed by atoms with E-state index in [1.807, 2.05) is 23.6 Å². The zero-order valence-corrected chi connectivity index (χ0v) is 22.3. The number of fused-ring (bicyclic) bond motifs is 3. The first-order valence-electron chi connectivity index (χ1n) is 12.4. The number of halogens is 1. The number of amides is 2. The highest BCUT2D eigenvalue weighted by atomic mass is 35.5. The minimum Gasteiger partial charge on any atom is -0.503 e. The minimum atomic E-state index is -0.660. The van der Waals surface area contributed by atoms with Crippen LogP contribution in [-0.2, 0) is 25.7 Å². The van der Waals surface area contributed by atoms with Crippen LogP contribution in [0.3, 0.4) is 0 Å². The fourth-order valence-corrected chi connectivity index (χ4v) is 7.37. The SMILES string of the molecule is COc1cc(C2C3=CCC4C(=O)N(Cc5cccs5)C(=O)C4C3CC3=C2C(=O)C=C(C)C3=O)cc(Cl)c1O. The predicted octanol–water partition coefficient (Wildman–Crippen LogP) is 4.75. The van der Waals surface area contributed by atoms with Crippen LogP contribution in [0.15, 0.2) is 64.1 Å². The number of hydrogen-bond donors (Lipinski definition) is 1. The number of Topliss-reactive ketones (excluding diaryl/α,β-unsaturated/α-hetero) is 1. The Morgan fingerprint density at radius 3 is 2.66 bits per heavy atom. The fourth-order valence-electron chi connectivity index (χ4n) is 6.46.